The summed E-state index contributed by atoms with van der Waals surface area (Å²) >= 11 is 0. The van der Waals surface area contributed by atoms with Gasteiger partial charge in [-0.3, -0.25) is 0 Å². The molecule has 0 unspecified atom stereocenters. The zero-order chi connectivity index (χ0) is 28.1. The average Bonchev–Trinajstić information content (AvgIpc) is 3.27. The molecule has 0 radical (unpaired) electrons. The topological polar surface area (TPSA) is 4.93 Å². The highest BCUT2D eigenvalue weighted by Gasteiger charge is 2.22. The van der Waals surface area contributed by atoms with E-state index in [1.165, 1.54) is 54.2 Å². The van der Waals surface area contributed by atoms with E-state index in [-0.39, 0.29) is 10.8 Å². The van der Waals surface area contributed by atoms with Crippen molar-refractivity contribution in [2.75, 3.05) is 0 Å². The zero-order valence-corrected chi connectivity index (χ0v) is 25.7. The zero-order valence-electron chi connectivity index (χ0n) is 24.6. The molecule has 2 heteroatoms. The number of aromatic nitrogens is 1. The molecule has 1 nitrogen and oxygen atoms in total. The predicted molar refractivity (Wildman–Crippen MR) is 177 cm³/mol. The van der Waals surface area contributed by atoms with Gasteiger partial charge in [0.2, 0.25) is 0 Å². The molecule has 0 spiro atoms. The molecule has 5 aromatic carbocycles. The van der Waals surface area contributed by atoms with E-state index >= 15 is 0 Å². The quantitative estimate of drug-likeness (QED) is 0.161. The minimum atomic E-state index is -1.57. The SMILES string of the molecule is CC(C)(C)c1ccc2c(c1)c1cc(C(C)(C)C)ccc1n2-c1ccc([SiH](c2ccccc2)c2ccccc2)cc1. The average molecular weight is 538 g/mol. The van der Waals surface area contributed by atoms with E-state index in [1.54, 1.807) is 0 Å². The van der Waals surface area contributed by atoms with Crippen LogP contribution in [0.1, 0.15) is 52.7 Å². The summed E-state index contributed by atoms with van der Waals surface area (Å²) in [4.78, 5) is 0. The largest absolute Gasteiger partial charge is 0.309 e. The van der Waals surface area contributed by atoms with Crippen LogP contribution in [0.25, 0.3) is 27.5 Å². The summed E-state index contributed by atoms with van der Waals surface area (Å²) in [5.74, 6) is 0. The van der Waals surface area contributed by atoms with Crippen molar-refractivity contribution in [2.24, 2.45) is 0 Å². The fourth-order valence-corrected chi connectivity index (χ4v) is 8.86. The summed E-state index contributed by atoms with van der Waals surface area (Å²) in [7, 11) is -1.57. The number of benzene rings is 5. The summed E-state index contributed by atoms with van der Waals surface area (Å²) in [6, 6.07) is 45.6. The van der Waals surface area contributed by atoms with Crippen LogP contribution in [0.5, 0.6) is 0 Å². The third kappa shape index (κ3) is 4.82. The Kier molecular flexibility index (Phi) is 6.55. The van der Waals surface area contributed by atoms with E-state index in [0.717, 1.165) is 0 Å². The van der Waals surface area contributed by atoms with Crippen molar-refractivity contribution in [2.45, 2.75) is 52.4 Å². The normalized spacial score (nSPS) is 12.5. The monoisotopic (exact) mass is 537 g/mol. The molecule has 0 aliphatic heterocycles. The Bertz CT molecular complexity index is 1670. The van der Waals surface area contributed by atoms with Crippen LogP contribution >= 0.6 is 0 Å². The highest BCUT2D eigenvalue weighted by molar-refractivity contribution is 6.95. The van der Waals surface area contributed by atoms with Gasteiger partial charge in [0.15, 0.2) is 0 Å². The van der Waals surface area contributed by atoms with Crippen molar-refractivity contribution in [1.29, 1.82) is 0 Å². The first-order valence-corrected chi connectivity index (χ1v) is 16.1. The highest BCUT2D eigenvalue weighted by atomic mass is 28.3. The van der Waals surface area contributed by atoms with Gasteiger partial charge < -0.3 is 4.57 Å². The van der Waals surface area contributed by atoms with Crippen LogP contribution < -0.4 is 15.6 Å². The third-order valence-corrected chi connectivity index (χ3v) is 11.4. The maximum Gasteiger partial charge on any atom is 0.132 e. The minimum Gasteiger partial charge on any atom is -0.309 e. The smallest absolute Gasteiger partial charge is 0.132 e. The van der Waals surface area contributed by atoms with Crippen molar-refractivity contribution < 1.29 is 0 Å². The highest BCUT2D eigenvalue weighted by Crippen LogP contribution is 2.37. The molecular formula is C38H39NSi. The number of rotatable bonds is 4. The van der Waals surface area contributed by atoms with Crippen LogP contribution in [0.3, 0.4) is 0 Å². The van der Waals surface area contributed by atoms with Gasteiger partial charge in [-0.05, 0) is 58.4 Å². The molecule has 0 fully saturated rings. The first kappa shape index (κ1) is 26.3. The first-order chi connectivity index (χ1) is 19.1. The lowest BCUT2D eigenvalue weighted by atomic mass is 9.85. The van der Waals surface area contributed by atoms with Crippen LogP contribution in [-0.4, -0.2) is 13.4 Å². The molecule has 1 aromatic heterocycles. The number of hydrogen-bond donors (Lipinski definition) is 0. The second kappa shape index (κ2) is 9.94. The van der Waals surface area contributed by atoms with Crippen LogP contribution in [0.15, 0.2) is 121 Å². The molecule has 0 bridgehead atoms. The van der Waals surface area contributed by atoms with Gasteiger partial charge in [-0.15, -0.1) is 0 Å². The molecule has 200 valence electrons. The van der Waals surface area contributed by atoms with Crippen LogP contribution in [-0.2, 0) is 10.8 Å². The summed E-state index contributed by atoms with van der Waals surface area (Å²) in [6.07, 6.45) is 0. The Morgan fingerprint density at radius 2 is 0.850 bits per heavy atom. The van der Waals surface area contributed by atoms with Crippen molar-refractivity contribution in [3.05, 3.63) is 132 Å². The first-order valence-electron chi connectivity index (χ1n) is 14.4. The molecule has 6 aromatic rings. The van der Waals surface area contributed by atoms with E-state index in [2.05, 4.69) is 167 Å². The Balaban J connectivity index is 1.53. The van der Waals surface area contributed by atoms with Gasteiger partial charge in [-0.1, -0.05) is 142 Å². The van der Waals surface area contributed by atoms with Gasteiger partial charge in [-0.25, -0.2) is 0 Å². The lowest BCUT2D eigenvalue weighted by Gasteiger charge is -2.19. The molecule has 40 heavy (non-hydrogen) atoms. The standard InChI is InChI=1S/C38H39NSi/c1-37(2,3)27-17-23-35-33(25-27)34-26-28(38(4,5)6)18-24-36(34)39(35)29-19-21-32(22-20-29)40(30-13-9-7-10-14-30)31-15-11-8-12-16-31/h7-26,40H,1-6H3. The minimum absolute atomic E-state index is 0.0976. The lowest BCUT2D eigenvalue weighted by Crippen LogP contribution is -2.51. The molecule has 6 rings (SSSR count). The van der Waals surface area contributed by atoms with Gasteiger partial charge in [0.05, 0.1) is 11.0 Å². The number of hydrogen-bond acceptors (Lipinski definition) is 0. The van der Waals surface area contributed by atoms with Gasteiger partial charge >= 0.3 is 0 Å². The van der Waals surface area contributed by atoms with Gasteiger partial charge in [0, 0.05) is 16.5 Å². The summed E-state index contributed by atoms with van der Waals surface area (Å²) in [6.45, 7) is 13.8. The van der Waals surface area contributed by atoms with Crippen molar-refractivity contribution in [1.82, 2.24) is 4.57 Å². The van der Waals surface area contributed by atoms with E-state index in [1.807, 2.05) is 0 Å². The van der Waals surface area contributed by atoms with Crippen molar-refractivity contribution in [3.8, 4) is 5.69 Å². The maximum absolute atomic E-state index is 2.45. The molecular weight excluding hydrogens is 499 g/mol. The van der Waals surface area contributed by atoms with Crippen LogP contribution in [0, 0.1) is 0 Å². The van der Waals surface area contributed by atoms with Crippen molar-refractivity contribution in [3.63, 3.8) is 0 Å². The van der Waals surface area contributed by atoms with E-state index < -0.39 is 8.80 Å². The molecule has 0 aliphatic carbocycles. The summed E-state index contributed by atoms with van der Waals surface area (Å²) in [5, 5.41) is 6.99. The molecule has 0 aliphatic rings. The predicted octanol–water partition coefficient (Wildman–Crippen LogP) is 7.63. The summed E-state index contributed by atoms with van der Waals surface area (Å²) < 4.78 is 2.45. The van der Waals surface area contributed by atoms with E-state index in [4.69, 9.17) is 0 Å². The Hall–Kier alpha value is -3.88. The fraction of sp³-hybridized carbons (Fsp3) is 0.211. The van der Waals surface area contributed by atoms with Crippen molar-refractivity contribution >= 4 is 46.2 Å². The fourth-order valence-electron chi connectivity index (χ4n) is 5.92. The van der Waals surface area contributed by atoms with Gasteiger partial charge in [-0.2, -0.15) is 0 Å². The van der Waals surface area contributed by atoms with Gasteiger partial charge in [0.25, 0.3) is 0 Å². The third-order valence-electron chi connectivity index (χ3n) is 8.25. The molecule has 0 N–H and O–H groups in total. The molecule has 0 amide bonds. The van der Waals surface area contributed by atoms with Gasteiger partial charge in [0.1, 0.15) is 8.80 Å². The molecule has 0 saturated carbocycles. The summed E-state index contributed by atoms with van der Waals surface area (Å²) in [5.41, 5.74) is 6.68. The second-order valence-corrected chi connectivity index (χ2v) is 16.0. The Morgan fingerprint density at radius 3 is 1.25 bits per heavy atom. The van der Waals surface area contributed by atoms with E-state index in [9.17, 15) is 0 Å². The number of nitrogens with zero attached hydrogens (tertiary/aromatic N) is 1. The maximum atomic E-state index is 2.45. The van der Waals surface area contributed by atoms with E-state index in [0.29, 0.717) is 0 Å². The lowest BCUT2D eigenvalue weighted by molar-refractivity contribution is 0.590. The van der Waals surface area contributed by atoms with Crippen LogP contribution in [0.4, 0.5) is 0 Å². The Labute approximate surface area is 240 Å². The molecule has 0 saturated heterocycles. The molecule has 0 atom stereocenters. The second-order valence-electron chi connectivity index (χ2n) is 13.1. The van der Waals surface area contributed by atoms with Crippen LogP contribution in [0.2, 0.25) is 0 Å². The number of fused-ring (bicyclic) bond motifs is 3. The molecule has 1 heterocycles. The Morgan fingerprint density at radius 1 is 0.450 bits per heavy atom.